The molecule has 0 aliphatic carbocycles. The summed E-state index contributed by atoms with van der Waals surface area (Å²) in [5.41, 5.74) is -8.33. The summed E-state index contributed by atoms with van der Waals surface area (Å²) >= 11 is -5.70. The molecule has 0 heterocycles. The van der Waals surface area contributed by atoms with Gasteiger partial charge in [-0.1, -0.05) is 0 Å². The summed E-state index contributed by atoms with van der Waals surface area (Å²) in [5, 5.41) is 0. The van der Waals surface area contributed by atoms with Crippen LogP contribution >= 0.6 is 0 Å². The van der Waals surface area contributed by atoms with Crippen molar-refractivity contribution in [3.8, 4) is 44.5 Å². The van der Waals surface area contributed by atoms with Crippen LogP contribution in [0.3, 0.4) is 0 Å². The first-order valence-electron chi connectivity index (χ1n) is 19.2. The van der Waals surface area contributed by atoms with E-state index >= 15 is 35.1 Å². The molecular weight excluding hydrogens is 1030 g/mol. The minimum absolute atomic E-state index is 0.0126. The van der Waals surface area contributed by atoms with Gasteiger partial charge in [-0.2, -0.15) is 0 Å². The molecule has 0 spiro atoms. The van der Waals surface area contributed by atoms with Gasteiger partial charge in [-0.05, 0) is 0 Å². The fourth-order valence-electron chi connectivity index (χ4n) is 8.34. The molecule has 0 nitrogen and oxygen atoms in total. The van der Waals surface area contributed by atoms with Gasteiger partial charge in [0.1, 0.15) is 0 Å². The Bertz CT molecular complexity index is 2840. The molecule has 8 rings (SSSR count). The van der Waals surface area contributed by atoms with E-state index in [2.05, 4.69) is 0 Å². The Morgan fingerprint density at radius 2 is 0.275 bits per heavy atom. The van der Waals surface area contributed by atoms with Crippen LogP contribution in [0.25, 0.3) is 44.5 Å². The Balaban J connectivity index is 1.44. The van der Waals surface area contributed by atoms with E-state index in [1.807, 2.05) is 0 Å². The number of rotatable bonds is 8. The van der Waals surface area contributed by atoms with Crippen LogP contribution in [-0.2, 0) is 0 Å². The first-order valence-corrected chi connectivity index (χ1v) is 24.1. The van der Waals surface area contributed by atoms with Gasteiger partial charge in [0.15, 0.2) is 0 Å². The summed E-state index contributed by atoms with van der Waals surface area (Å²) in [4.78, 5) is 0. The predicted octanol–water partition coefficient (Wildman–Crippen LogP) is 12.5. The summed E-state index contributed by atoms with van der Waals surface area (Å²) in [6.45, 7) is 0. The van der Waals surface area contributed by atoms with Crippen molar-refractivity contribution in [1.29, 1.82) is 0 Å². The molecule has 0 aliphatic rings. The summed E-state index contributed by atoms with van der Waals surface area (Å²) in [5.74, 6) is -46.9. The zero-order chi connectivity index (χ0) is 50.3. The van der Waals surface area contributed by atoms with Crippen molar-refractivity contribution in [3.63, 3.8) is 0 Å². The molecule has 0 saturated carbocycles. The minimum atomic E-state index is -5.70. The zero-order valence-electron chi connectivity index (χ0n) is 33.4. The maximum atomic E-state index is 15.1. The molecule has 352 valence electrons. The van der Waals surface area contributed by atoms with Crippen molar-refractivity contribution >= 4 is 31.5 Å². The van der Waals surface area contributed by atoms with Crippen LogP contribution in [0, 0.1) is 116 Å². The van der Waals surface area contributed by atoms with E-state index < -0.39 is 176 Å². The van der Waals surface area contributed by atoms with Gasteiger partial charge in [0, 0.05) is 0 Å². The molecule has 8 aromatic carbocycles. The van der Waals surface area contributed by atoms with Crippen molar-refractivity contribution in [1.82, 2.24) is 0 Å². The van der Waals surface area contributed by atoms with Gasteiger partial charge in [0.2, 0.25) is 0 Å². The molecule has 0 aliphatic heterocycles. The Hall–Kier alpha value is -7.00. The van der Waals surface area contributed by atoms with Gasteiger partial charge in [-0.25, -0.2) is 0 Å². The third-order valence-corrected chi connectivity index (χ3v) is 23.3. The fourth-order valence-corrected chi connectivity index (χ4v) is 19.6. The van der Waals surface area contributed by atoms with Crippen LogP contribution in [0.5, 0.6) is 0 Å². The molecule has 8 aromatic rings. The fraction of sp³-hybridized carbons (Fsp3) is 0. The third kappa shape index (κ3) is 7.43. The SMILES string of the molecule is Fc1c(F)c(F)c(-c2cc[c]([Ga-]([c]3ccc(-c4c(F)c(F)c(F)c(F)c4F)cc3)([c]3ccc(-c4c(F)c(F)c(F)c(F)c4F)cc3)[c]3ccc(-c4c(F)c(F)c(F)c(F)c4F)cc3)cc2)c(F)c1F. The Morgan fingerprint density at radius 3 is 0.406 bits per heavy atom. The van der Waals surface area contributed by atoms with Gasteiger partial charge < -0.3 is 0 Å². The molecule has 69 heavy (non-hydrogen) atoms. The molecule has 0 N–H and O–H groups in total. The van der Waals surface area contributed by atoms with E-state index in [0.717, 1.165) is 97.1 Å². The van der Waals surface area contributed by atoms with Gasteiger partial charge in [-0.15, -0.1) is 0 Å². The van der Waals surface area contributed by atoms with Crippen LogP contribution in [0.4, 0.5) is 87.8 Å². The van der Waals surface area contributed by atoms with E-state index in [4.69, 9.17) is 0 Å². The quantitative estimate of drug-likeness (QED) is 0.0616. The van der Waals surface area contributed by atoms with E-state index in [1.165, 1.54) is 0 Å². The van der Waals surface area contributed by atoms with Gasteiger partial charge in [0.05, 0.1) is 0 Å². The van der Waals surface area contributed by atoms with Crippen LogP contribution < -0.4 is 16.5 Å². The topological polar surface area (TPSA) is 0 Å². The van der Waals surface area contributed by atoms with Crippen LogP contribution in [0.15, 0.2) is 97.1 Å². The molecule has 0 saturated heterocycles. The van der Waals surface area contributed by atoms with E-state index in [-0.39, 0.29) is 16.5 Å². The van der Waals surface area contributed by atoms with Gasteiger partial charge in [-0.3, -0.25) is 0 Å². The second-order valence-electron chi connectivity index (χ2n) is 15.1. The van der Waals surface area contributed by atoms with E-state index in [0.29, 0.717) is 0 Å². The molecule has 0 radical (unpaired) electrons. The first kappa shape index (κ1) is 48.5. The maximum absolute atomic E-state index is 15.1. The first-order chi connectivity index (χ1) is 32.6. The van der Waals surface area contributed by atoms with Crippen molar-refractivity contribution in [2.45, 2.75) is 0 Å². The third-order valence-electron chi connectivity index (χ3n) is 11.6. The Morgan fingerprint density at radius 1 is 0.159 bits per heavy atom. The Kier molecular flexibility index (Phi) is 12.5. The molecule has 0 atom stereocenters. The van der Waals surface area contributed by atoms with Crippen molar-refractivity contribution in [3.05, 3.63) is 213 Å². The average Bonchev–Trinajstić information content (AvgIpc) is 3.35. The molecule has 0 unspecified atom stereocenters. The van der Waals surface area contributed by atoms with Crippen molar-refractivity contribution < 1.29 is 87.8 Å². The van der Waals surface area contributed by atoms with Crippen LogP contribution in [0.2, 0.25) is 0 Å². The molecule has 0 bridgehead atoms. The molecule has 21 heteroatoms. The second-order valence-corrected chi connectivity index (χ2v) is 24.4. The normalized spacial score (nSPS) is 11.8. The number of hydrogen-bond donors (Lipinski definition) is 0. The predicted molar refractivity (Wildman–Crippen MR) is 211 cm³/mol. The monoisotopic (exact) mass is 1040 g/mol. The van der Waals surface area contributed by atoms with Crippen LogP contribution in [0.1, 0.15) is 0 Å². The molecule has 0 fully saturated rings. The van der Waals surface area contributed by atoms with Crippen molar-refractivity contribution in [2.75, 3.05) is 0 Å². The number of halogens is 20. The summed E-state index contributed by atoms with van der Waals surface area (Å²) in [7, 11) is 0. The molecular formula is C48H16F20Ga-. The number of benzene rings is 8. The standard InChI is InChI=1S/4C12H4F5.Ga/c4*13-8-7(6-4-2-1-3-5-6)9(14)11(16)12(17)10(8)15;/h4*2-5H;/q;;;;-1. The number of hydrogen-bond acceptors (Lipinski definition) is 0. The molecule has 0 aromatic heterocycles. The zero-order valence-corrected chi connectivity index (χ0v) is 35.8. The molecule has 0 amide bonds. The van der Waals surface area contributed by atoms with Crippen LogP contribution in [-0.4, -0.2) is 15.0 Å². The summed E-state index contributed by atoms with van der Waals surface area (Å²) in [6.07, 6.45) is 0. The van der Waals surface area contributed by atoms with Crippen molar-refractivity contribution in [2.24, 2.45) is 0 Å². The van der Waals surface area contributed by atoms with Gasteiger partial charge in [0.25, 0.3) is 0 Å². The second kappa shape index (κ2) is 17.8. The summed E-state index contributed by atoms with van der Waals surface area (Å²) < 4.78 is 291. The van der Waals surface area contributed by atoms with E-state index in [9.17, 15) is 52.7 Å². The average molecular weight is 1040 g/mol. The Labute approximate surface area is 376 Å². The van der Waals surface area contributed by atoms with E-state index in [1.54, 1.807) is 0 Å². The summed E-state index contributed by atoms with van der Waals surface area (Å²) in [6, 6.07) is 15.3. The van der Waals surface area contributed by atoms with Gasteiger partial charge >= 0.3 is 377 Å².